The lowest BCUT2D eigenvalue weighted by molar-refractivity contribution is -0.126. The van der Waals surface area contributed by atoms with Crippen LogP contribution < -0.4 is 10.6 Å². The number of nitrogens with one attached hydrogen (secondary N) is 2. The molecule has 108 valence electrons. The fraction of sp³-hybridized carbons (Fsp3) is 0.429. The van der Waals surface area contributed by atoms with Crippen molar-refractivity contribution in [3.8, 4) is 5.75 Å². The number of anilines is 1. The van der Waals surface area contributed by atoms with Crippen LogP contribution in [-0.2, 0) is 4.79 Å². The highest BCUT2D eigenvalue weighted by Gasteiger charge is 2.34. The van der Waals surface area contributed by atoms with Crippen LogP contribution in [0.15, 0.2) is 18.2 Å². The van der Waals surface area contributed by atoms with Gasteiger partial charge in [0, 0.05) is 17.2 Å². The molecule has 4 N–H and O–H groups in total. The molecule has 1 aromatic carbocycles. The standard InChI is InChI=1S/C14H18N2O4/c1-14(4-6-15-7-5-14)13(20)16-9-2-3-10(12(18)19)11(17)8-9/h2-3,8,15,17H,4-7H2,1H3,(H,16,20)(H,18,19). The summed E-state index contributed by atoms with van der Waals surface area (Å²) in [7, 11) is 0. The van der Waals surface area contributed by atoms with Crippen molar-refractivity contribution in [1.82, 2.24) is 5.32 Å². The lowest BCUT2D eigenvalue weighted by Gasteiger charge is -2.32. The Labute approximate surface area is 116 Å². The SMILES string of the molecule is CC1(C(=O)Nc2ccc(C(=O)O)c(O)c2)CCNCC1. The Kier molecular flexibility index (Phi) is 3.94. The number of aromatic carboxylic acids is 1. The first-order chi connectivity index (χ1) is 9.42. The normalized spacial score (nSPS) is 17.4. The van der Waals surface area contributed by atoms with Gasteiger partial charge in [0.2, 0.25) is 5.91 Å². The van der Waals surface area contributed by atoms with Gasteiger partial charge in [0.05, 0.1) is 0 Å². The van der Waals surface area contributed by atoms with Crippen molar-refractivity contribution in [2.75, 3.05) is 18.4 Å². The van der Waals surface area contributed by atoms with E-state index in [4.69, 9.17) is 5.11 Å². The minimum Gasteiger partial charge on any atom is -0.507 e. The van der Waals surface area contributed by atoms with Crippen LogP contribution in [0.3, 0.4) is 0 Å². The van der Waals surface area contributed by atoms with Crippen LogP contribution in [0.5, 0.6) is 5.75 Å². The molecule has 0 saturated carbocycles. The molecule has 6 nitrogen and oxygen atoms in total. The molecule has 0 unspecified atom stereocenters. The minimum atomic E-state index is -1.20. The van der Waals surface area contributed by atoms with Crippen molar-refractivity contribution in [2.24, 2.45) is 5.41 Å². The van der Waals surface area contributed by atoms with Gasteiger partial charge in [0.1, 0.15) is 11.3 Å². The van der Waals surface area contributed by atoms with Gasteiger partial charge in [-0.15, -0.1) is 0 Å². The highest BCUT2D eigenvalue weighted by atomic mass is 16.4. The third-order valence-electron chi connectivity index (χ3n) is 3.74. The molecule has 0 aromatic heterocycles. The summed E-state index contributed by atoms with van der Waals surface area (Å²) < 4.78 is 0. The number of aromatic hydroxyl groups is 1. The summed E-state index contributed by atoms with van der Waals surface area (Å²) in [5.74, 6) is -1.67. The molecule has 2 rings (SSSR count). The van der Waals surface area contributed by atoms with Gasteiger partial charge in [-0.1, -0.05) is 6.92 Å². The van der Waals surface area contributed by atoms with E-state index in [1.807, 2.05) is 6.92 Å². The molecule has 1 aromatic rings. The van der Waals surface area contributed by atoms with E-state index in [1.54, 1.807) is 0 Å². The van der Waals surface area contributed by atoms with Gasteiger partial charge < -0.3 is 20.8 Å². The molecule has 1 amide bonds. The van der Waals surface area contributed by atoms with E-state index < -0.39 is 11.4 Å². The van der Waals surface area contributed by atoms with E-state index in [2.05, 4.69) is 10.6 Å². The highest BCUT2D eigenvalue weighted by Crippen LogP contribution is 2.30. The van der Waals surface area contributed by atoms with Gasteiger partial charge in [0.15, 0.2) is 0 Å². The van der Waals surface area contributed by atoms with Gasteiger partial charge in [-0.25, -0.2) is 4.79 Å². The Morgan fingerprint density at radius 3 is 2.50 bits per heavy atom. The third kappa shape index (κ3) is 2.91. The van der Waals surface area contributed by atoms with E-state index in [0.29, 0.717) is 5.69 Å². The molecule has 1 heterocycles. The van der Waals surface area contributed by atoms with Crippen LogP contribution in [0, 0.1) is 5.41 Å². The fourth-order valence-electron chi connectivity index (χ4n) is 2.28. The van der Waals surface area contributed by atoms with Crippen LogP contribution in [-0.4, -0.2) is 35.2 Å². The van der Waals surface area contributed by atoms with Crippen molar-refractivity contribution in [2.45, 2.75) is 19.8 Å². The number of phenols is 1. The Balaban J connectivity index is 2.12. The molecule has 1 fully saturated rings. The molecule has 0 atom stereocenters. The summed E-state index contributed by atoms with van der Waals surface area (Å²) in [6, 6.07) is 4.01. The smallest absolute Gasteiger partial charge is 0.339 e. The number of benzene rings is 1. The van der Waals surface area contributed by atoms with Crippen molar-refractivity contribution in [3.05, 3.63) is 23.8 Å². The zero-order valence-corrected chi connectivity index (χ0v) is 11.3. The topological polar surface area (TPSA) is 98.7 Å². The second kappa shape index (κ2) is 5.50. The molecule has 0 bridgehead atoms. The van der Waals surface area contributed by atoms with Crippen LogP contribution in [0.2, 0.25) is 0 Å². The van der Waals surface area contributed by atoms with E-state index >= 15 is 0 Å². The number of carboxylic acids is 1. The Morgan fingerprint density at radius 2 is 1.95 bits per heavy atom. The Bertz CT molecular complexity index is 536. The van der Waals surface area contributed by atoms with E-state index in [1.165, 1.54) is 18.2 Å². The zero-order valence-electron chi connectivity index (χ0n) is 11.3. The number of carboxylic acid groups (broad SMARTS) is 1. The summed E-state index contributed by atoms with van der Waals surface area (Å²) >= 11 is 0. The lowest BCUT2D eigenvalue weighted by Crippen LogP contribution is -2.42. The third-order valence-corrected chi connectivity index (χ3v) is 3.74. The van der Waals surface area contributed by atoms with Crippen molar-refractivity contribution >= 4 is 17.6 Å². The predicted octanol–water partition coefficient (Wildman–Crippen LogP) is 1.42. The number of carbonyl (C=O) groups is 2. The maximum absolute atomic E-state index is 12.3. The van der Waals surface area contributed by atoms with Gasteiger partial charge in [-0.3, -0.25) is 4.79 Å². The van der Waals surface area contributed by atoms with Gasteiger partial charge in [-0.05, 0) is 38.1 Å². The molecule has 0 spiro atoms. The highest BCUT2D eigenvalue weighted by molar-refractivity contribution is 5.97. The molecule has 20 heavy (non-hydrogen) atoms. The van der Waals surface area contributed by atoms with E-state index in [9.17, 15) is 14.7 Å². The zero-order chi connectivity index (χ0) is 14.8. The van der Waals surface area contributed by atoms with E-state index in [0.717, 1.165) is 25.9 Å². The van der Waals surface area contributed by atoms with Crippen LogP contribution >= 0.6 is 0 Å². The summed E-state index contributed by atoms with van der Waals surface area (Å²) in [5, 5.41) is 24.4. The molecule has 6 heteroatoms. The first-order valence-electron chi connectivity index (χ1n) is 6.51. The van der Waals surface area contributed by atoms with Crippen LogP contribution in [0.1, 0.15) is 30.1 Å². The number of rotatable bonds is 3. The Morgan fingerprint density at radius 1 is 1.30 bits per heavy atom. The fourth-order valence-corrected chi connectivity index (χ4v) is 2.28. The summed E-state index contributed by atoms with van der Waals surface area (Å²) in [5.41, 5.74) is -0.222. The van der Waals surface area contributed by atoms with Crippen LogP contribution in [0.4, 0.5) is 5.69 Å². The second-order valence-corrected chi connectivity index (χ2v) is 5.30. The number of carbonyl (C=O) groups excluding carboxylic acids is 1. The quantitative estimate of drug-likeness (QED) is 0.670. The van der Waals surface area contributed by atoms with Gasteiger partial charge >= 0.3 is 5.97 Å². The summed E-state index contributed by atoms with van der Waals surface area (Å²) in [6.07, 6.45) is 1.50. The largest absolute Gasteiger partial charge is 0.507 e. The lowest BCUT2D eigenvalue weighted by atomic mass is 9.80. The number of hydrogen-bond donors (Lipinski definition) is 4. The van der Waals surface area contributed by atoms with Crippen molar-refractivity contribution < 1.29 is 19.8 Å². The van der Waals surface area contributed by atoms with Gasteiger partial charge in [-0.2, -0.15) is 0 Å². The summed E-state index contributed by atoms with van der Waals surface area (Å²) in [4.78, 5) is 23.1. The second-order valence-electron chi connectivity index (χ2n) is 5.30. The molecule has 0 aliphatic carbocycles. The molecule has 0 radical (unpaired) electrons. The van der Waals surface area contributed by atoms with Crippen LogP contribution in [0.25, 0.3) is 0 Å². The molecular formula is C14H18N2O4. The molecular weight excluding hydrogens is 260 g/mol. The summed E-state index contributed by atoms with van der Waals surface area (Å²) in [6.45, 7) is 3.51. The average molecular weight is 278 g/mol. The first-order valence-corrected chi connectivity index (χ1v) is 6.51. The van der Waals surface area contributed by atoms with Crippen molar-refractivity contribution in [1.29, 1.82) is 0 Å². The van der Waals surface area contributed by atoms with E-state index in [-0.39, 0.29) is 17.2 Å². The maximum Gasteiger partial charge on any atom is 0.339 e. The van der Waals surface area contributed by atoms with Gasteiger partial charge in [0.25, 0.3) is 0 Å². The Hall–Kier alpha value is -2.08. The van der Waals surface area contributed by atoms with Crippen molar-refractivity contribution in [3.63, 3.8) is 0 Å². The number of piperidine rings is 1. The molecule has 1 saturated heterocycles. The molecule has 1 aliphatic rings. The number of amides is 1. The first kappa shape index (κ1) is 14.3. The predicted molar refractivity (Wildman–Crippen MR) is 73.9 cm³/mol. The monoisotopic (exact) mass is 278 g/mol. The molecule has 1 aliphatic heterocycles. The average Bonchev–Trinajstić information content (AvgIpc) is 2.39. The maximum atomic E-state index is 12.3. The minimum absolute atomic E-state index is 0.110. The number of hydrogen-bond acceptors (Lipinski definition) is 4.